The molecule has 0 radical (unpaired) electrons. The Morgan fingerprint density at radius 3 is 2.83 bits per heavy atom. The molecular formula is C15H16O3. The summed E-state index contributed by atoms with van der Waals surface area (Å²) in [6, 6.07) is 9.99. The average molecular weight is 244 g/mol. The van der Waals surface area contributed by atoms with Crippen molar-refractivity contribution in [2.45, 2.75) is 19.4 Å². The molecule has 0 saturated heterocycles. The highest BCUT2D eigenvalue weighted by Crippen LogP contribution is 2.01. The summed E-state index contributed by atoms with van der Waals surface area (Å²) in [5.41, 5.74) is 1.16. The molecular weight excluding hydrogens is 228 g/mol. The van der Waals surface area contributed by atoms with Crippen LogP contribution >= 0.6 is 0 Å². The third-order valence-electron chi connectivity index (χ3n) is 2.11. The Morgan fingerprint density at radius 2 is 2.11 bits per heavy atom. The van der Waals surface area contributed by atoms with Crippen LogP contribution in [0.5, 0.6) is 0 Å². The van der Waals surface area contributed by atoms with Gasteiger partial charge in [-0.2, -0.15) is 0 Å². The zero-order valence-corrected chi connectivity index (χ0v) is 10.1. The van der Waals surface area contributed by atoms with Gasteiger partial charge in [-0.15, -0.1) is 0 Å². The maximum Gasteiger partial charge on any atom is 0.328 e. The van der Waals surface area contributed by atoms with Gasteiger partial charge in [0, 0.05) is 19.1 Å². The Hall–Kier alpha value is -2.05. The molecule has 94 valence electrons. The maximum absolute atomic E-state index is 10.1. The summed E-state index contributed by atoms with van der Waals surface area (Å²) >= 11 is 0. The number of carboxylic acid groups (broad SMARTS) is 1. The van der Waals surface area contributed by atoms with Crippen molar-refractivity contribution < 1.29 is 14.6 Å². The van der Waals surface area contributed by atoms with Gasteiger partial charge in [0.25, 0.3) is 0 Å². The summed E-state index contributed by atoms with van der Waals surface area (Å²) in [6.45, 7) is 1.28. The Balaban J connectivity index is 2.04. The zero-order valence-electron chi connectivity index (χ0n) is 10.1. The fourth-order valence-electron chi connectivity index (χ4n) is 1.27. The molecule has 0 saturated carbocycles. The third kappa shape index (κ3) is 7.26. The van der Waals surface area contributed by atoms with E-state index < -0.39 is 5.97 Å². The second-order valence-corrected chi connectivity index (χ2v) is 3.63. The van der Waals surface area contributed by atoms with Crippen molar-refractivity contribution in [1.29, 1.82) is 0 Å². The highest BCUT2D eigenvalue weighted by molar-refractivity contribution is 5.80. The van der Waals surface area contributed by atoms with E-state index in [1.54, 1.807) is 0 Å². The quantitative estimate of drug-likeness (QED) is 0.475. The van der Waals surface area contributed by atoms with Crippen molar-refractivity contribution in [2.24, 2.45) is 0 Å². The molecule has 1 aromatic carbocycles. The van der Waals surface area contributed by atoms with Gasteiger partial charge < -0.3 is 9.84 Å². The number of allylic oxidation sites excluding steroid dienone is 1. The number of rotatable bonds is 6. The molecule has 1 aromatic rings. The molecule has 0 bridgehead atoms. The van der Waals surface area contributed by atoms with Crippen LogP contribution in [0.4, 0.5) is 0 Å². The number of hydrogen-bond donors (Lipinski definition) is 1. The van der Waals surface area contributed by atoms with Crippen molar-refractivity contribution in [3.05, 3.63) is 48.0 Å². The first-order chi connectivity index (χ1) is 8.79. The largest absolute Gasteiger partial charge is 0.478 e. The summed E-state index contributed by atoms with van der Waals surface area (Å²) in [6.07, 6.45) is 3.92. The van der Waals surface area contributed by atoms with Crippen LogP contribution in [0.25, 0.3) is 0 Å². The molecule has 0 spiro atoms. The van der Waals surface area contributed by atoms with Crippen molar-refractivity contribution in [3.63, 3.8) is 0 Å². The molecule has 0 atom stereocenters. The van der Waals surface area contributed by atoms with Gasteiger partial charge in [0.15, 0.2) is 0 Å². The van der Waals surface area contributed by atoms with E-state index in [9.17, 15) is 4.79 Å². The lowest BCUT2D eigenvalue weighted by molar-refractivity contribution is -0.131. The first-order valence-electron chi connectivity index (χ1n) is 5.78. The molecule has 0 aromatic heterocycles. The van der Waals surface area contributed by atoms with E-state index in [2.05, 4.69) is 11.8 Å². The molecule has 18 heavy (non-hydrogen) atoms. The number of hydrogen-bond acceptors (Lipinski definition) is 2. The molecule has 3 nitrogen and oxygen atoms in total. The summed E-state index contributed by atoms with van der Waals surface area (Å²) in [4.78, 5) is 10.1. The van der Waals surface area contributed by atoms with E-state index in [1.165, 1.54) is 6.08 Å². The highest BCUT2D eigenvalue weighted by Gasteiger charge is 1.90. The smallest absolute Gasteiger partial charge is 0.328 e. The topological polar surface area (TPSA) is 46.5 Å². The molecule has 3 heteroatoms. The normalized spacial score (nSPS) is 10.0. The summed E-state index contributed by atoms with van der Waals surface area (Å²) in [7, 11) is 0. The van der Waals surface area contributed by atoms with Crippen LogP contribution in [0.15, 0.2) is 42.5 Å². The zero-order chi connectivity index (χ0) is 13.1. The molecule has 0 unspecified atom stereocenters. The number of ether oxygens (including phenoxy) is 1. The SMILES string of the molecule is O=C(O)/C=C/C#CCCCOCc1ccccc1. The molecule has 0 aliphatic rings. The summed E-state index contributed by atoms with van der Waals surface area (Å²) in [5, 5.41) is 8.32. The monoisotopic (exact) mass is 244 g/mol. The number of aliphatic carboxylic acids is 1. The van der Waals surface area contributed by atoms with Crippen LogP contribution < -0.4 is 0 Å². The Bertz CT molecular complexity index is 438. The Kier molecular flexibility index (Phi) is 7.03. The van der Waals surface area contributed by atoms with E-state index in [0.29, 0.717) is 19.6 Å². The predicted octanol–water partition coefficient (Wildman–Crippen LogP) is 2.63. The van der Waals surface area contributed by atoms with Gasteiger partial charge in [0.2, 0.25) is 0 Å². The molecule has 1 N–H and O–H groups in total. The lowest BCUT2D eigenvalue weighted by atomic mass is 10.2. The second kappa shape index (κ2) is 9.03. The van der Waals surface area contributed by atoms with Gasteiger partial charge in [-0.1, -0.05) is 42.2 Å². The van der Waals surface area contributed by atoms with E-state index >= 15 is 0 Å². The molecule has 0 heterocycles. The third-order valence-corrected chi connectivity index (χ3v) is 2.11. The van der Waals surface area contributed by atoms with Crippen LogP contribution in [0, 0.1) is 11.8 Å². The van der Waals surface area contributed by atoms with Crippen LogP contribution in [-0.2, 0) is 16.1 Å². The van der Waals surface area contributed by atoms with Gasteiger partial charge in [0.05, 0.1) is 6.61 Å². The van der Waals surface area contributed by atoms with Gasteiger partial charge >= 0.3 is 5.97 Å². The number of benzene rings is 1. The van der Waals surface area contributed by atoms with Crippen molar-refractivity contribution >= 4 is 5.97 Å². The lowest BCUT2D eigenvalue weighted by Crippen LogP contribution is -1.94. The number of carbonyl (C=O) groups is 1. The van der Waals surface area contributed by atoms with E-state index in [4.69, 9.17) is 9.84 Å². The van der Waals surface area contributed by atoms with Crippen molar-refractivity contribution in [3.8, 4) is 11.8 Å². The molecule has 0 aliphatic carbocycles. The van der Waals surface area contributed by atoms with Crippen LogP contribution in [0.2, 0.25) is 0 Å². The average Bonchev–Trinajstić information content (AvgIpc) is 2.37. The maximum atomic E-state index is 10.1. The van der Waals surface area contributed by atoms with Gasteiger partial charge in [0.1, 0.15) is 0 Å². The first kappa shape index (κ1) is 14.0. The number of unbranched alkanes of at least 4 members (excludes halogenated alkanes) is 1. The fraction of sp³-hybridized carbons (Fsp3) is 0.267. The van der Waals surface area contributed by atoms with Crippen molar-refractivity contribution in [1.82, 2.24) is 0 Å². The molecule has 0 aliphatic heterocycles. The van der Waals surface area contributed by atoms with Crippen LogP contribution in [0.3, 0.4) is 0 Å². The van der Waals surface area contributed by atoms with Crippen molar-refractivity contribution in [2.75, 3.05) is 6.61 Å². The van der Waals surface area contributed by atoms with Gasteiger partial charge in [-0.3, -0.25) is 0 Å². The van der Waals surface area contributed by atoms with Gasteiger partial charge in [-0.05, 0) is 18.1 Å². The van der Waals surface area contributed by atoms with E-state index in [-0.39, 0.29) is 0 Å². The molecule has 1 rings (SSSR count). The van der Waals surface area contributed by atoms with E-state index in [0.717, 1.165) is 18.1 Å². The lowest BCUT2D eigenvalue weighted by Gasteiger charge is -2.02. The second-order valence-electron chi connectivity index (χ2n) is 3.63. The predicted molar refractivity (Wildman–Crippen MR) is 69.9 cm³/mol. The molecule has 0 fully saturated rings. The standard InChI is InChI=1S/C15H16O3/c16-15(17)11-7-2-1-3-8-12-18-13-14-9-5-4-6-10-14/h4-7,9-11H,3,8,12-13H2,(H,16,17)/b11-7+. The minimum atomic E-state index is -0.976. The van der Waals surface area contributed by atoms with E-state index in [1.807, 2.05) is 30.3 Å². The van der Waals surface area contributed by atoms with Crippen LogP contribution in [-0.4, -0.2) is 17.7 Å². The minimum absolute atomic E-state index is 0.618. The Morgan fingerprint density at radius 1 is 1.33 bits per heavy atom. The Labute approximate surface area is 107 Å². The highest BCUT2D eigenvalue weighted by atomic mass is 16.5. The fourth-order valence-corrected chi connectivity index (χ4v) is 1.27. The molecule has 0 amide bonds. The van der Waals surface area contributed by atoms with Gasteiger partial charge in [-0.25, -0.2) is 4.79 Å². The first-order valence-corrected chi connectivity index (χ1v) is 5.78. The minimum Gasteiger partial charge on any atom is -0.478 e. The summed E-state index contributed by atoms with van der Waals surface area (Å²) < 4.78 is 5.48. The van der Waals surface area contributed by atoms with Crippen LogP contribution in [0.1, 0.15) is 18.4 Å². The number of carboxylic acids is 1. The summed E-state index contributed by atoms with van der Waals surface area (Å²) in [5.74, 6) is 4.54.